The molecular weight excluding hydrogens is 364 g/mol. The molecule has 0 aliphatic heterocycles. The molecule has 0 saturated carbocycles. The van der Waals surface area contributed by atoms with E-state index in [1.165, 1.54) is 14.2 Å². The Balaban J connectivity index is 1.91. The van der Waals surface area contributed by atoms with E-state index in [0.717, 1.165) is 4.47 Å². The second kappa shape index (κ2) is 8.43. The fraction of sp³-hybridized carbons (Fsp3) is 0.235. The van der Waals surface area contributed by atoms with Crippen LogP contribution in [-0.4, -0.2) is 33.4 Å². The summed E-state index contributed by atoms with van der Waals surface area (Å²) >= 11 is 3.35. The number of carbonyl (C=O) groups is 1. The van der Waals surface area contributed by atoms with Crippen LogP contribution in [0.15, 0.2) is 46.9 Å². The molecule has 0 heterocycles. The lowest BCUT2D eigenvalue weighted by Gasteiger charge is -2.12. The van der Waals surface area contributed by atoms with Crippen LogP contribution in [0.25, 0.3) is 0 Å². The average Bonchev–Trinajstić information content (AvgIpc) is 2.59. The Kier molecular flexibility index (Phi) is 6.29. The number of carbonyl (C=O) groups excluding carboxylic acids is 1. The topological polar surface area (TPSA) is 54.0 Å². The Morgan fingerprint density at radius 1 is 0.957 bits per heavy atom. The second-order valence-corrected chi connectivity index (χ2v) is 5.39. The quantitative estimate of drug-likeness (QED) is 0.541. The first-order valence-electron chi connectivity index (χ1n) is 6.92. The molecule has 2 rings (SSSR count). The monoisotopic (exact) mass is 380 g/mol. The highest BCUT2D eigenvalue weighted by molar-refractivity contribution is 9.10. The van der Waals surface area contributed by atoms with Gasteiger partial charge in [-0.1, -0.05) is 22.0 Å². The van der Waals surface area contributed by atoms with Crippen LogP contribution in [0.1, 0.15) is 10.4 Å². The van der Waals surface area contributed by atoms with Crippen molar-refractivity contribution in [3.05, 3.63) is 52.5 Å². The molecule has 0 aliphatic rings. The fourth-order valence-corrected chi connectivity index (χ4v) is 2.21. The molecule has 122 valence electrons. The summed E-state index contributed by atoms with van der Waals surface area (Å²) in [5.74, 6) is 1.00. The number of esters is 1. The minimum absolute atomic E-state index is 0.121. The van der Waals surface area contributed by atoms with Gasteiger partial charge in [-0.3, -0.25) is 0 Å². The molecule has 2 aromatic carbocycles. The van der Waals surface area contributed by atoms with Gasteiger partial charge in [-0.25, -0.2) is 4.79 Å². The van der Waals surface area contributed by atoms with E-state index in [9.17, 15) is 4.79 Å². The number of benzene rings is 2. The Morgan fingerprint density at radius 3 is 2.13 bits per heavy atom. The Hall–Kier alpha value is -2.21. The van der Waals surface area contributed by atoms with Crippen molar-refractivity contribution >= 4 is 21.9 Å². The van der Waals surface area contributed by atoms with Crippen LogP contribution in [0.3, 0.4) is 0 Å². The van der Waals surface area contributed by atoms with Gasteiger partial charge in [-0.05, 0) is 36.4 Å². The number of halogens is 1. The zero-order valence-electron chi connectivity index (χ0n) is 12.9. The summed E-state index contributed by atoms with van der Waals surface area (Å²) in [6.07, 6.45) is 0. The van der Waals surface area contributed by atoms with E-state index in [-0.39, 0.29) is 18.8 Å². The van der Waals surface area contributed by atoms with Gasteiger partial charge in [-0.15, -0.1) is 0 Å². The lowest BCUT2D eigenvalue weighted by molar-refractivity contribution is 0.0443. The molecule has 0 bridgehead atoms. The van der Waals surface area contributed by atoms with E-state index >= 15 is 0 Å². The highest BCUT2D eigenvalue weighted by Crippen LogP contribution is 2.28. The molecule has 0 atom stereocenters. The van der Waals surface area contributed by atoms with Gasteiger partial charge in [0.15, 0.2) is 0 Å². The number of rotatable bonds is 7. The summed E-state index contributed by atoms with van der Waals surface area (Å²) in [6.45, 7) is 0.376. The van der Waals surface area contributed by atoms with E-state index in [2.05, 4.69) is 15.9 Å². The maximum atomic E-state index is 12.2. The summed E-state index contributed by atoms with van der Waals surface area (Å²) in [6, 6.07) is 12.5. The maximum Gasteiger partial charge on any atom is 0.345 e. The van der Waals surface area contributed by atoms with Crippen LogP contribution in [0.5, 0.6) is 17.2 Å². The van der Waals surface area contributed by atoms with E-state index in [4.69, 9.17) is 18.9 Å². The maximum absolute atomic E-state index is 12.2. The smallest absolute Gasteiger partial charge is 0.345 e. The number of hydrogen-bond donors (Lipinski definition) is 0. The first-order chi connectivity index (χ1) is 11.2. The largest absolute Gasteiger partial charge is 0.496 e. The zero-order valence-corrected chi connectivity index (χ0v) is 14.5. The Labute approximate surface area is 143 Å². The molecule has 0 aliphatic carbocycles. The molecule has 0 unspecified atom stereocenters. The second-order valence-electron chi connectivity index (χ2n) is 4.48. The summed E-state index contributed by atoms with van der Waals surface area (Å²) in [7, 11) is 2.98. The minimum Gasteiger partial charge on any atom is -0.496 e. The molecule has 0 fully saturated rings. The predicted octanol–water partition coefficient (Wildman–Crippen LogP) is 3.70. The van der Waals surface area contributed by atoms with Crippen LogP contribution < -0.4 is 14.2 Å². The van der Waals surface area contributed by atoms with Crippen LogP contribution >= 0.6 is 15.9 Å². The Morgan fingerprint density at radius 2 is 1.57 bits per heavy atom. The number of hydrogen-bond acceptors (Lipinski definition) is 5. The molecule has 0 radical (unpaired) electrons. The first-order valence-corrected chi connectivity index (χ1v) is 7.71. The lowest BCUT2D eigenvalue weighted by Crippen LogP contribution is -2.14. The van der Waals surface area contributed by atoms with Crippen molar-refractivity contribution in [1.82, 2.24) is 0 Å². The van der Waals surface area contributed by atoms with Gasteiger partial charge in [0.25, 0.3) is 0 Å². The molecule has 2 aromatic rings. The van der Waals surface area contributed by atoms with Crippen LogP contribution in [0.2, 0.25) is 0 Å². The van der Waals surface area contributed by atoms with Gasteiger partial charge >= 0.3 is 5.97 Å². The van der Waals surface area contributed by atoms with Gasteiger partial charge in [0.2, 0.25) is 0 Å². The standard InChI is InChI=1S/C17H17BrO5/c1-20-14-4-3-5-15(21-2)16(14)17(19)23-11-10-22-13-8-6-12(18)7-9-13/h3-9H,10-11H2,1-2H3. The van der Waals surface area contributed by atoms with E-state index in [0.29, 0.717) is 17.2 Å². The molecule has 0 spiro atoms. The van der Waals surface area contributed by atoms with Crippen molar-refractivity contribution in [3.63, 3.8) is 0 Å². The molecule has 23 heavy (non-hydrogen) atoms. The van der Waals surface area contributed by atoms with Gasteiger partial charge in [0.05, 0.1) is 14.2 Å². The molecule has 0 saturated heterocycles. The summed E-state index contributed by atoms with van der Waals surface area (Å²) in [5, 5.41) is 0. The van der Waals surface area contributed by atoms with Crippen molar-refractivity contribution < 1.29 is 23.7 Å². The highest BCUT2D eigenvalue weighted by Gasteiger charge is 2.19. The predicted molar refractivity (Wildman–Crippen MR) is 89.5 cm³/mol. The van der Waals surface area contributed by atoms with Crippen LogP contribution in [0, 0.1) is 0 Å². The van der Waals surface area contributed by atoms with Crippen LogP contribution in [-0.2, 0) is 4.74 Å². The van der Waals surface area contributed by atoms with E-state index < -0.39 is 5.97 Å². The molecule has 6 heteroatoms. The third kappa shape index (κ3) is 4.63. The van der Waals surface area contributed by atoms with Crippen molar-refractivity contribution in [3.8, 4) is 17.2 Å². The van der Waals surface area contributed by atoms with Gasteiger partial charge in [-0.2, -0.15) is 0 Å². The molecule has 5 nitrogen and oxygen atoms in total. The average molecular weight is 381 g/mol. The van der Waals surface area contributed by atoms with Crippen molar-refractivity contribution in [2.75, 3.05) is 27.4 Å². The van der Waals surface area contributed by atoms with Crippen molar-refractivity contribution in [1.29, 1.82) is 0 Å². The molecule has 0 amide bonds. The third-order valence-corrected chi connectivity index (χ3v) is 3.56. The van der Waals surface area contributed by atoms with Crippen molar-refractivity contribution in [2.45, 2.75) is 0 Å². The summed E-state index contributed by atoms with van der Waals surface area (Å²) in [4.78, 5) is 12.2. The molecule has 0 aromatic heterocycles. The molecule has 0 N–H and O–H groups in total. The normalized spacial score (nSPS) is 10.0. The minimum atomic E-state index is -0.515. The van der Waals surface area contributed by atoms with Crippen LogP contribution in [0.4, 0.5) is 0 Å². The van der Waals surface area contributed by atoms with Gasteiger partial charge in [0, 0.05) is 4.47 Å². The number of methoxy groups -OCH3 is 2. The molecular formula is C17H17BrO5. The number of ether oxygens (including phenoxy) is 4. The summed E-state index contributed by atoms with van der Waals surface area (Å²) < 4.78 is 22.1. The highest BCUT2D eigenvalue weighted by atomic mass is 79.9. The zero-order chi connectivity index (χ0) is 16.7. The first kappa shape index (κ1) is 17.1. The lowest BCUT2D eigenvalue weighted by atomic mass is 10.2. The SMILES string of the molecule is COc1cccc(OC)c1C(=O)OCCOc1ccc(Br)cc1. The van der Waals surface area contributed by atoms with Gasteiger partial charge in [0.1, 0.15) is 36.0 Å². The van der Waals surface area contributed by atoms with Gasteiger partial charge < -0.3 is 18.9 Å². The van der Waals surface area contributed by atoms with E-state index in [1.54, 1.807) is 18.2 Å². The van der Waals surface area contributed by atoms with Crippen molar-refractivity contribution in [2.24, 2.45) is 0 Å². The Bertz CT molecular complexity index is 632. The van der Waals surface area contributed by atoms with E-state index in [1.807, 2.05) is 24.3 Å². The third-order valence-electron chi connectivity index (χ3n) is 3.03. The fourth-order valence-electron chi connectivity index (χ4n) is 1.95. The summed E-state index contributed by atoms with van der Waals surface area (Å²) in [5.41, 5.74) is 0.265.